The van der Waals surface area contributed by atoms with Gasteiger partial charge in [-0.2, -0.15) is 0 Å². The second-order valence-corrected chi connectivity index (χ2v) is 7.63. The van der Waals surface area contributed by atoms with Crippen LogP contribution in [0.5, 0.6) is 5.75 Å². The molecule has 0 aliphatic heterocycles. The molecule has 6 nitrogen and oxygen atoms in total. The molecule has 134 valence electrons. The van der Waals surface area contributed by atoms with E-state index in [4.69, 9.17) is 9.47 Å². The standard InChI is InChI=1S/C18H27NO5/c1-17(2,3)12-8-7-9-13(10-12)23-11-14(15(20)21)19-16(22)24-18(4,5)6/h7-10,14H,11H2,1-6H3,(H,19,22)(H,20,21)/t14-/m0/s1. The Kier molecular flexibility index (Phi) is 6.23. The minimum absolute atomic E-state index is 0.0413. The van der Waals surface area contributed by atoms with E-state index in [0.29, 0.717) is 5.75 Å². The Bertz CT molecular complexity index is 584. The van der Waals surface area contributed by atoms with Crippen molar-refractivity contribution in [2.75, 3.05) is 6.61 Å². The number of rotatable bonds is 5. The Morgan fingerprint density at radius 3 is 2.29 bits per heavy atom. The first kappa shape index (κ1) is 19.8. The second kappa shape index (κ2) is 7.55. The van der Waals surface area contributed by atoms with Crippen LogP contribution in [0.25, 0.3) is 0 Å². The monoisotopic (exact) mass is 337 g/mol. The van der Waals surface area contributed by atoms with Crippen molar-refractivity contribution in [1.82, 2.24) is 5.32 Å². The van der Waals surface area contributed by atoms with Gasteiger partial charge in [-0.1, -0.05) is 32.9 Å². The summed E-state index contributed by atoms with van der Waals surface area (Å²) in [5.41, 5.74) is 0.335. The molecule has 0 saturated carbocycles. The molecule has 24 heavy (non-hydrogen) atoms. The van der Waals surface area contributed by atoms with E-state index in [1.54, 1.807) is 26.8 Å². The average Bonchev–Trinajstić information content (AvgIpc) is 2.40. The van der Waals surface area contributed by atoms with Crippen LogP contribution in [-0.4, -0.2) is 35.4 Å². The van der Waals surface area contributed by atoms with Gasteiger partial charge in [-0.15, -0.1) is 0 Å². The van der Waals surface area contributed by atoms with Crippen LogP contribution in [-0.2, 0) is 14.9 Å². The van der Waals surface area contributed by atoms with Crippen LogP contribution in [0.3, 0.4) is 0 Å². The molecule has 0 spiro atoms. The molecule has 0 bridgehead atoms. The molecular weight excluding hydrogens is 310 g/mol. The van der Waals surface area contributed by atoms with Gasteiger partial charge in [0.05, 0.1) is 0 Å². The summed E-state index contributed by atoms with van der Waals surface area (Å²) in [5.74, 6) is -0.632. The zero-order valence-electron chi connectivity index (χ0n) is 15.2. The number of alkyl carbamates (subject to hydrolysis) is 1. The van der Waals surface area contributed by atoms with Crippen LogP contribution in [0.15, 0.2) is 24.3 Å². The van der Waals surface area contributed by atoms with Gasteiger partial charge in [-0.25, -0.2) is 9.59 Å². The molecule has 0 heterocycles. The van der Waals surface area contributed by atoms with E-state index in [9.17, 15) is 14.7 Å². The van der Waals surface area contributed by atoms with Gasteiger partial charge in [0, 0.05) is 0 Å². The third kappa shape index (κ3) is 6.89. The highest BCUT2D eigenvalue weighted by Crippen LogP contribution is 2.25. The van der Waals surface area contributed by atoms with Crippen molar-refractivity contribution < 1.29 is 24.2 Å². The smallest absolute Gasteiger partial charge is 0.408 e. The van der Waals surface area contributed by atoms with Crippen LogP contribution < -0.4 is 10.1 Å². The van der Waals surface area contributed by atoms with E-state index in [1.807, 2.05) is 18.2 Å². The van der Waals surface area contributed by atoms with Crippen LogP contribution in [0.1, 0.15) is 47.1 Å². The number of carbonyl (C=O) groups excluding carboxylic acids is 1. The molecule has 2 N–H and O–H groups in total. The number of aliphatic carboxylic acids is 1. The van der Waals surface area contributed by atoms with Gasteiger partial charge in [0.1, 0.15) is 18.0 Å². The van der Waals surface area contributed by atoms with E-state index in [0.717, 1.165) is 5.56 Å². The van der Waals surface area contributed by atoms with Crippen molar-refractivity contribution in [1.29, 1.82) is 0 Å². The van der Waals surface area contributed by atoms with Gasteiger partial charge >= 0.3 is 12.1 Å². The molecule has 0 aromatic heterocycles. The number of carbonyl (C=O) groups is 2. The topological polar surface area (TPSA) is 84.9 Å². The highest BCUT2D eigenvalue weighted by atomic mass is 16.6. The zero-order chi connectivity index (χ0) is 18.5. The molecule has 0 aliphatic rings. The van der Waals surface area contributed by atoms with Crippen molar-refractivity contribution in [3.8, 4) is 5.75 Å². The number of carboxylic acid groups (broad SMARTS) is 1. The summed E-state index contributed by atoms with van der Waals surface area (Å²) in [4.78, 5) is 23.0. The number of nitrogens with one attached hydrogen (secondary N) is 1. The number of hydrogen-bond acceptors (Lipinski definition) is 4. The molecule has 0 aliphatic carbocycles. The van der Waals surface area contributed by atoms with Crippen molar-refractivity contribution in [3.63, 3.8) is 0 Å². The highest BCUT2D eigenvalue weighted by Gasteiger charge is 2.24. The van der Waals surface area contributed by atoms with E-state index in [2.05, 4.69) is 26.1 Å². The minimum Gasteiger partial charge on any atom is -0.491 e. The van der Waals surface area contributed by atoms with Crippen molar-refractivity contribution in [2.45, 2.75) is 58.6 Å². The van der Waals surface area contributed by atoms with Crippen LogP contribution in [0.4, 0.5) is 4.79 Å². The lowest BCUT2D eigenvalue weighted by atomic mass is 9.87. The molecule has 0 fully saturated rings. The van der Waals surface area contributed by atoms with Gasteiger partial charge in [0.2, 0.25) is 0 Å². The first-order chi connectivity index (χ1) is 10.9. The van der Waals surface area contributed by atoms with Gasteiger partial charge in [-0.3, -0.25) is 0 Å². The second-order valence-electron chi connectivity index (χ2n) is 7.63. The number of amides is 1. The number of hydrogen-bond donors (Lipinski definition) is 2. The number of carboxylic acids is 1. The van der Waals surface area contributed by atoms with E-state index < -0.39 is 23.7 Å². The van der Waals surface area contributed by atoms with Gasteiger partial charge < -0.3 is 19.9 Å². The minimum atomic E-state index is -1.20. The molecule has 0 unspecified atom stereocenters. The summed E-state index contributed by atoms with van der Waals surface area (Å²) in [6.07, 6.45) is -0.790. The third-order valence-corrected chi connectivity index (χ3v) is 3.11. The number of ether oxygens (including phenoxy) is 2. The average molecular weight is 337 g/mol. The van der Waals surface area contributed by atoms with Crippen LogP contribution in [0, 0.1) is 0 Å². The van der Waals surface area contributed by atoms with Crippen molar-refractivity contribution in [3.05, 3.63) is 29.8 Å². The molecule has 1 atom stereocenters. The van der Waals surface area contributed by atoms with E-state index >= 15 is 0 Å². The molecular formula is C18H27NO5. The van der Waals surface area contributed by atoms with Gasteiger partial charge in [0.25, 0.3) is 0 Å². The first-order valence-electron chi connectivity index (χ1n) is 7.84. The molecule has 0 saturated heterocycles. The third-order valence-electron chi connectivity index (χ3n) is 3.11. The lowest BCUT2D eigenvalue weighted by molar-refractivity contribution is -0.140. The lowest BCUT2D eigenvalue weighted by Gasteiger charge is -2.22. The zero-order valence-corrected chi connectivity index (χ0v) is 15.2. The molecule has 6 heteroatoms. The van der Waals surface area contributed by atoms with Gasteiger partial charge in [-0.05, 0) is 43.9 Å². The highest BCUT2D eigenvalue weighted by molar-refractivity contribution is 5.80. The van der Waals surface area contributed by atoms with Crippen LogP contribution in [0.2, 0.25) is 0 Å². The summed E-state index contributed by atoms with van der Waals surface area (Å²) < 4.78 is 10.6. The maximum atomic E-state index is 11.7. The predicted octanol–water partition coefficient (Wildman–Crippen LogP) is 3.34. The Morgan fingerprint density at radius 2 is 1.79 bits per heavy atom. The molecule has 0 radical (unpaired) electrons. The quantitative estimate of drug-likeness (QED) is 0.861. The largest absolute Gasteiger partial charge is 0.491 e. The Morgan fingerprint density at radius 1 is 1.17 bits per heavy atom. The fourth-order valence-corrected chi connectivity index (χ4v) is 1.86. The number of benzene rings is 1. The van der Waals surface area contributed by atoms with Crippen molar-refractivity contribution >= 4 is 12.1 Å². The lowest BCUT2D eigenvalue weighted by Crippen LogP contribution is -2.46. The fraction of sp³-hybridized carbons (Fsp3) is 0.556. The summed E-state index contributed by atoms with van der Waals surface area (Å²) in [5, 5.41) is 11.5. The van der Waals surface area contributed by atoms with Gasteiger partial charge in [0.15, 0.2) is 6.04 Å². The molecule has 1 amide bonds. The normalized spacial score (nSPS) is 13.1. The summed E-state index contributed by atoms with van der Waals surface area (Å²) in [6, 6.07) is 6.26. The fourth-order valence-electron chi connectivity index (χ4n) is 1.86. The first-order valence-corrected chi connectivity index (χ1v) is 7.84. The summed E-state index contributed by atoms with van der Waals surface area (Å²) in [7, 11) is 0. The maximum absolute atomic E-state index is 11.7. The molecule has 1 aromatic rings. The van der Waals surface area contributed by atoms with E-state index in [-0.39, 0.29) is 12.0 Å². The predicted molar refractivity (Wildman–Crippen MR) is 91.4 cm³/mol. The molecule has 1 rings (SSSR count). The SMILES string of the molecule is CC(C)(C)OC(=O)N[C@@H](COc1cccc(C(C)(C)C)c1)C(=O)O. The van der Waals surface area contributed by atoms with Crippen molar-refractivity contribution in [2.24, 2.45) is 0 Å². The Labute approximate surface area is 143 Å². The Balaban J connectivity index is 2.71. The Hall–Kier alpha value is -2.24. The molecule has 1 aromatic carbocycles. The summed E-state index contributed by atoms with van der Waals surface area (Å²) in [6.45, 7) is 11.2. The van der Waals surface area contributed by atoms with E-state index in [1.165, 1.54) is 0 Å². The maximum Gasteiger partial charge on any atom is 0.408 e. The summed E-state index contributed by atoms with van der Waals surface area (Å²) >= 11 is 0. The van der Waals surface area contributed by atoms with Crippen LogP contribution >= 0.6 is 0 Å².